The molecule has 4 heterocycles. The largest absolute Gasteiger partial charge is 0.507 e. The van der Waals surface area contributed by atoms with Crippen molar-refractivity contribution in [2.24, 2.45) is 0 Å². The molecule has 4 aromatic heterocycles. The normalized spacial score (nSPS) is 10.1. The quantitative estimate of drug-likeness (QED) is 0.0692. The molecule has 0 spiro atoms. The zero-order chi connectivity index (χ0) is 65.8. The Morgan fingerprint density at radius 2 is 0.584 bits per heavy atom. The van der Waals surface area contributed by atoms with Crippen molar-refractivity contribution in [1.82, 2.24) is 0 Å². The lowest BCUT2D eigenvalue weighted by Gasteiger charge is -2.11. The van der Waals surface area contributed by atoms with Crippen LogP contribution in [0.2, 0.25) is 0 Å². The maximum atomic E-state index is 12.5. The van der Waals surface area contributed by atoms with Crippen LogP contribution >= 0.6 is 63.7 Å². The van der Waals surface area contributed by atoms with E-state index in [1.807, 2.05) is 147 Å². The second-order valence-electron chi connectivity index (χ2n) is 18.8. The molecule has 0 aliphatic heterocycles. The van der Waals surface area contributed by atoms with E-state index in [1.54, 1.807) is 44.4 Å². The summed E-state index contributed by atoms with van der Waals surface area (Å²) < 4.78 is 28.3. The number of ether oxygens (including phenoxy) is 1. The summed E-state index contributed by atoms with van der Waals surface area (Å²) in [5.74, 6) is 7.31. The van der Waals surface area contributed by atoms with Crippen LogP contribution in [0.4, 0.5) is 0 Å². The van der Waals surface area contributed by atoms with Crippen molar-refractivity contribution in [3.8, 4) is 85.5 Å². The van der Waals surface area contributed by atoms with Gasteiger partial charge < -0.3 is 53.0 Å². The zero-order valence-electron chi connectivity index (χ0n) is 50.0. The number of methoxy groups -OCH3 is 1. The fourth-order valence-corrected chi connectivity index (χ4v) is 8.93. The van der Waals surface area contributed by atoms with Crippen LogP contribution < -0.4 is 26.5 Å². The van der Waals surface area contributed by atoms with Gasteiger partial charge in [-0.3, -0.25) is 19.2 Å². The Balaban J connectivity index is 0.000000208. The van der Waals surface area contributed by atoms with Gasteiger partial charge in [-0.05, 0) is 92.3 Å². The Bertz CT molecular complexity index is 4260. The molecule has 19 heteroatoms. The first-order valence-corrected chi connectivity index (χ1v) is 33.0. The molecule has 0 aliphatic carbocycles. The minimum absolute atomic E-state index is 0.00385. The van der Waals surface area contributed by atoms with Crippen molar-refractivity contribution in [2.45, 2.75) is 34.6 Å². The van der Waals surface area contributed by atoms with Crippen LogP contribution in [0.3, 0.4) is 0 Å². The van der Waals surface area contributed by atoms with Gasteiger partial charge in [-0.25, -0.2) is 0 Å². The van der Waals surface area contributed by atoms with Crippen LogP contribution in [0.5, 0.6) is 40.2 Å². The van der Waals surface area contributed by atoms with E-state index in [0.717, 1.165) is 39.4 Å². The SMILES string of the molecule is CBr.CBr.CBr.CBr.COc1c(C)c(C)cc2oc(-c3ccccc3)cc(=O)c12.Cc1c(O)cc2oc(-c3ccccc3)cc(=O)c2c1O.Cc1cc2oc(-c3ccccc3)cc(=O)c2c(O)c1C.O=c1cc(-c2ccccc2)oc2cc(O)c(O)c(O)c12. The molecule has 15 nitrogen and oxygen atoms in total. The highest BCUT2D eigenvalue weighted by atomic mass is 79.9. The van der Waals surface area contributed by atoms with Crippen molar-refractivity contribution < 1.29 is 53.0 Å². The van der Waals surface area contributed by atoms with E-state index in [9.17, 15) is 49.8 Å². The smallest absolute Gasteiger partial charge is 0.201 e. The van der Waals surface area contributed by atoms with Crippen molar-refractivity contribution >= 4 is 108 Å². The molecule has 0 radical (unpaired) electrons. The molecule has 0 fully saturated rings. The van der Waals surface area contributed by atoms with Gasteiger partial charge in [0, 0.05) is 64.2 Å². The summed E-state index contributed by atoms with van der Waals surface area (Å²) in [6.07, 6.45) is 0. The van der Waals surface area contributed by atoms with Gasteiger partial charge in [0.1, 0.15) is 89.9 Å². The standard InChI is InChI=1S/C18H16O3.C17H14O3.C16H12O4.C15H10O5.4CH3Br/c1-11-9-16-17(18(20-3)12(11)2)14(19)10-15(21-16)13-7-5-4-6-8-13;1-10-8-15-16(17(19)11(10)2)13(18)9-14(20-15)12-6-4-3-5-7-12;1-9-11(17)7-14-15(16(9)19)12(18)8-13(20-14)10-5-3-2-4-6-10;16-9-6-11(8-4-2-1-3-5-8)20-12-7-10(17)14(18)15(19)13(9)12;4*1-2/h4-10H,1-3H3;3-9,19H,1-2H3;2-8,17,19H,1H3;1-7,17-19H;4*1H3. The fourth-order valence-electron chi connectivity index (χ4n) is 8.93. The van der Waals surface area contributed by atoms with Gasteiger partial charge in [0.15, 0.2) is 33.2 Å². The number of phenols is 6. The average molecular weight is 1460 g/mol. The van der Waals surface area contributed by atoms with Crippen molar-refractivity contribution in [3.05, 3.63) is 239 Å². The van der Waals surface area contributed by atoms with Gasteiger partial charge in [0.05, 0.1) is 7.11 Å². The number of alkyl halides is 4. The van der Waals surface area contributed by atoms with Crippen LogP contribution in [0.1, 0.15) is 27.8 Å². The summed E-state index contributed by atoms with van der Waals surface area (Å²) >= 11 is 11.8. The van der Waals surface area contributed by atoms with E-state index in [2.05, 4.69) is 63.7 Å². The number of hydrogen-bond acceptors (Lipinski definition) is 15. The molecule has 0 aliphatic rings. The molecule has 6 N–H and O–H groups in total. The molecular formula is C70H64Br4O15. The molecular weight excluding hydrogens is 1400 g/mol. The van der Waals surface area contributed by atoms with Crippen molar-refractivity contribution in [3.63, 3.8) is 0 Å². The lowest BCUT2D eigenvalue weighted by molar-refractivity contribution is 0.370. The third-order valence-electron chi connectivity index (χ3n) is 13.6. The third kappa shape index (κ3) is 16.5. The number of rotatable bonds is 5. The number of fused-ring (bicyclic) bond motifs is 4. The minimum Gasteiger partial charge on any atom is -0.507 e. The molecule has 89 heavy (non-hydrogen) atoms. The van der Waals surface area contributed by atoms with Crippen LogP contribution in [0.15, 0.2) is 207 Å². The molecule has 0 atom stereocenters. The lowest BCUT2D eigenvalue weighted by atomic mass is 10.0. The van der Waals surface area contributed by atoms with Crippen molar-refractivity contribution in [2.75, 3.05) is 30.4 Å². The zero-order valence-corrected chi connectivity index (χ0v) is 56.4. The fraction of sp³-hybridized carbons (Fsp3) is 0.143. The predicted molar refractivity (Wildman–Crippen MR) is 371 cm³/mol. The highest BCUT2D eigenvalue weighted by Crippen LogP contribution is 2.41. The summed E-state index contributed by atoms with van der Waals surface area (Å²) in [6, 6.07) is 48.8. The first kappa shape index (κ1) is 70.9. The topological polar surface area (TPSA) is 251 Å². The van der Waals surface area contributed by atoms with Crippen LogP contribution in [0, 0.1) is 34.6 Å². The second kappa shape index (κ2) is 33.5. The highest BCUT2D eigenvalue weighted by Gasteiger charge is 2.20. The van der Waals surface area contributed by atoms with E-state index in [-0.39, 0.29) is 66.4 Å². The Labute approximate surface area is 545 Å². The summed E-state index contributed by atoms with van der Waals surface area (Å²) in [5, 5.41) is 59.1. The van der Waals surface area contributed by atoms with Gasteiger partial charge in [-0.15, -0.1) is 0 Å². The third-order valence-corrected chi connectivity index (χ3v) is 13.6. The van der Waals surface area contributed by atoms with Crippen molar-refractivity contribution in [1.29, 1.82) is 0 Å². The van der Waals surface area contributed by atoms with Gasteiger partial charge in [0.25, 0.3) is 0 Å². The maximum Gasteiger partial charge on any atom is 0.201 e. The Morgan fingerprint density at radius 1 is 0.315 bits per heavy atom. The number of benzene rings is 8. The van der Waals surface area contributed by atoms with Gasteiger partial charge in [-0.2, -0.15) is 0 Å². The highest BCUT2D eigenvalue weighted by molar-refractivity contribution is 9.09. The molecule has 12 aromatic rings. The monoisotopic (exact) mass is 1460 g/mol. The van der Waals surface area contributed by atoms with E-state index >= 15 is 0 Å². The molecule has 0 saturated carbocycles. The number of aryl methyl sites for hydroxylation is 2. The number of phenolic OH excluding ortho intramolecular Hbond substituents is 6. The molecule has 0 amide bonds. The Kier molecular flexibility index (Phi) is 26.7. The first-order chi connectivity index (χ1) is 42.8. The predicted octanol–water partition coefficient (Wildman–Crippen LogP) is 17.7. The first-order valence-electron chi connectivity index (χ1n) is 26.7. The molecule has 0 saturated heterocycles. The van der Waals surface area contributed by atoms with E-state index in [1.165, 1.54) is 37.3 Å². The number of hydrogen-bond donors (Lipinski definition) is 6. The van der Waals surface area contributed by atoms with Crippen LogP contribution in [0.25, 0.3) is 89.2 Å². The average Bonchev–Trinajstić information content (AvgIpc) is 3.04. The van der Waals surface area contributed by atoms with E-state index in [0.29, 0.717) is 56.5 Å². The summed E-state index contributed by atoms with van der Waals surface area (Å²) in [7, 11) is 1.58. The molecule has 12 rings (SSSR count). The maximum absolute atomic E-state index is 12.5. The number of halogens is 4. The molecule has 462 valence electrons. The lowest BCUT2D eigenvalue weighted by Crippen LogP contribution is -2.04. The summed E-state index contributed by atoms with van der Waals surface area (Å²) in [5.41, 5.74) is 7.00. The Morgan fingerprint density at radius 3 is 0.921 bits per heavy atom. The van der Waals surface area contributed by atoms with Gasteiger partial charge in [0.2, 0.25) is 5.75 Å². The van der Waals surface area contributed by atoms with E-state index < -0.39 is 22.7 Å². The van der Waals surface area contributed by atoms with Gasteiger partial charge >= 0.3 is 0 Å². The van der Waals surface area contributed by atoms with Crippen LogP contribution in [-0.2, 0) is 0 Å². The molecule has 0 bridgehead atoms. The summed E-state index contributed by atoms with van der Waals surface area (Å²) in [4.78, 5) is 48.9. The summed E-state index contributed by atoms with van der Waals surface area (Å²) in [6.45, 7) is 9.12. The van der Waals surface area contributed by atoms with Gasteiger partial charge in [-0.1, -0.05) is 185 Å². The van der Waals surface area contributed by atoms with E-state index in [4.69, 9.17) is 22.4 Å². The molecule has 8 aromatic carbocycles. The second-order valence-corrected chi connectivity index (χ2v) is 18.8. The minimum atomic E-state index is -0.739. The number of aromatic hydroxyl groups is 6. The molecule has 0 unspecified atom stereocenters. The van der Waals surface area contributed by atoms with Crippen LogP contribution in [-0.4, -0.2) is 61.1 Å². The Hall–Kier alpha value is -8.88.